The molecule has 1 unspecified atom stereocenters. The smallest absolute Gasteiger partial charge is 0.137 e. The van der Waals surface area contributed by atoms with E-state index in [4.69, 9.17) is 15.3 Å². The van der Waals surface area contributed by atoms with Crippen LogP contribution >= 0.6 is 0 Å². The molecular formula is C13H23N3O2. The number of nitrogens with zero attached hydrogens (tertiary/aromatic N) is 1. The standard InChI is InChI=1S/C13H23N3O2/c1-5-18-11-6-10(8-15-9-11)12(16-14)7-13(2,3)17-4/h6,8-9,12,16H,5,7,14H2,1-4H3. The number of rotatable bonds is 7. The van der Waals surface area contributed by atoms with E-state index in [1.54, 1.807) is 19.5 Å². The van der Waals surface area contributed by atoms with Gasteiger partial charge in [-0.2, -0.15) is 0 Å². The summed E-state index contributed by atoms with van der Waals surface area (Å²) in [6.45, 7) is 6.61. The highest BCUT2D eigenvalue weighted by molar-refractivity contribution is 5.26. The minimum atomic E-state index is -0.251. The van der Waals surface area contributed by atoms with Gasteiger partial charge in [0.05, 0.1) is 24.4 Å². The van der Waals surface area contributed by atoms with Gasteiger partial charge in [0, 0.05) is 13.3 Å². The third-order valence-corrected chi connectivity index (χ3v) is 2.90. The summed E-state index contributed by atoms with van der Waals surface area (Å²) < 4.78 is 10.9. The van der Waals surface area contributed by atoms with Crippen LogP contribution in [-0.4, -0.2) is 24.3 Å². The number of ether oxygens (including phenoxy) is 2. The maximum atomic E-state index is 5.62. The lowest BCUT2D eigenvalue weighted by Gasteiger charge is -2.28. The first-order valence-electron chi connectivity index (χ1n) is 6.11. The Balaban J connectivity index is 2.84. The molecule has 0 radical (unpaired) electrons. The van der Waals surface area contributed by atoms with E-state index in [9.17, 15) is 0 Å². The van der Waals surface area contributed by atoms with Gasteiger partial charge in [-0.3, -0.25) is 16.3 Å². The van der Waals surface area contributed by atoms with E-state index in [2.05, 4.69) is 10.4 Å². The summed E-state index contributed by atoms with van der Waals surface area (Å²) in [6.07, 6.45) is 4.23. The summed E-state index contributed by atoms with van der Waals surface area (Å²) >= 11 is 0. The summed E-state index contributed by atoms with van der Waals surface area (Å²) in [6, 6.07) is 1.93. The van der Waals surface area contributed by atoms with Crippen LogP contribution in [0, 0.1) is 0 Å². The van der Waals surface area contributed by atoms with Crippen molar-refractivity contribution in [3.05, 3.63) is 24.0 Å². The molecule has 0 aliphatic rings. The quantitative estimate of drug-likeness (QED) is 0.573. The van der Waals surface area contributed by atoms with Gasteiger partial charge in [-0.05, 0) is 38.8 Å². The zero-order valence-electron chi connectivity index (χ0n) is 11.6. The predicted octanol–water partition coefficient (Wildman–Crippen LogP) is 1.80. The van der Waals surface area contributed by atoms with E-state index in [1.165, 1.54) is 0 Å². The summed E-state index contributed by atoms with van der Waals surface area (Å²) in [5.74, 6) is 6.37. The average Bonchev–Trinajstić information content (AvgIpc) is 2.37. The molecule has 102 valence electrons. The first kappa shape index (κ1) is 14.9. The lowest BCUT2D eigenvalue weighted by atomic mass is 9.95. The summed E-state index contributed by atoms with van der Waals surface area (Å²) in [5.41, 5.74) is 3.55. The lowest BCUT2D eigenvalue weighted by molar-refractivity contribution is 0.00676. The Bertz CT molecular complexity index is 369. The molecule has 1 aromatic heterocycles. The molecule has 3 N–H and O–H groups in total. The minimum absolute atomic E-state index is 0.0205. The first-order valence-corrected chi connectivity index (χ1v) is 6.11. The van der Waals surface area contributed by atoms with Gasteiger partial charge in [0.1, 0.15) is 5.75 Å². The average molecular weight is 253 g/mol. The molecule has 0 saturated carbocycles. The van der Waals surface area contributed by atoms with E-state index in [1.807, 2.05) is 26.8 Å². The van der Waals surface area contributed by atoms with Gasteiger partial charge in [-0.1, -0.05) is 0 Å². The zero-order chi connectivity index (χ0) is 13.6. The maximum Gasteiger partial charge on any atom is 0.137 e. The Morgan fingerprint density at radius 2 is 2.17 bits per heavy atom. The van der Waals surface area contributed by atoms with Crippen LogP contribution in [0.3, 0.4) is 0 Å². The normalized spacial score (nSPS) is 13.4. The van der Waals surface area contributed by atoms with Crippen LogP contribution in [0.5, 0.6) is 5.75 Å². The van der Waals surface area contributed by atoms with Gasteiger partial charge in [0.15, 0.2) is 0 Å². The molecule has 0 spiro atoms. The Morgan fingerprint density at radius 1 is 1.44 bits per heavy atom. The largest absolute Gasteiger partial charge is 0.492 e. The van der Waals surface area contributed by atoms with Crippen LogP contribution in [0.2, 0.25) is 0 Å². The van der Waals surface area contributed by atoms with E-state index >= 15 is 0 Å². The molecule has 1 aromatic rings. The topological polar surface area (TPSA) is 69.4 Å². The summed E-state index contributed by atoms with van der Waals surface area (Å²) in [4.78, 5) is 4.17. The van der Waals surface area contributed by atoms with Gasteiger partial charge in [0.25, 0.3) is 0 Å². The number of hydrazine groups is 1. The monoisotopic (exact) mass is 253 g/mol. The van der Waals surface area contributed by atoms with Crippen LogP contribution < -0.4 is 16.0 Å². The Hall–Kier alpha value is -1.17. The highest BCUT2D eigenvalue weighted by Crippen LogP contribution is 2.26. The van der Waals surface area contributed by atoms with Crippen molar-refractivity contribution in [2.75, 3.05) is 13.7 Å². The summed E-state index contributed by atoms with van der Waals surface area (Å²) in [5, 5.41) is 0. The second-order valence-electron chi connectivity index (χ2n) is 4.77. The van der Waals surface area contributed by atoms with E-state index in [0.717, 1.165) is 17.7 Å². The second-order valence-corrected chi connectivity index (χ2v) is 4.77. The van der Waals surface area contributed by atoms with Crippen molar-refractivity contribution in [2.24, 2.45) is 5.84 Å². The number of pyridine rings is 1. The molecule has 0 bridgehead atoms. The zero-order valence-corrected chi connectivity index (χ0v) is 11.6. The Kier molecular flexibility index (Phi) is 5.53. The maximum absolute atomic E-state index is 5.62. The SMILES string of the molecule is CCOc1cncc(C(CC(C)(C)OC)NN)c1. The molecule has 0 saturated heterocycles. The van der Waals surface area contributed by atoms with Crippen molar-refractivity contribution < 1.29 is 9.47 Å². The Morgan fingerprint density at radius 3 is 2.72 bits per heavy atom. The van der Waals surface area contributed by atoms with Gasteiger partial charge >= 0.3 is 0 Å². The van der Waals surface area contributed by atoms with Crippen LogP contribution in [0.15, 0.2) is 18.5 Å². The summed E-state index contributed by atoms with van der Waals surface area (Å²) in [7, 11) is 1.70. The molecular weight excluding hydrogens is 230 g/mol. The van der Waals surface area contributed by atoms with Crippen LogP contribution in [-0.2, 0) is 4.74 Å². The van der Waals surface area contributed by atoms with Gasteiger partial charge in [-0.25, -0.2) is 0 Å². The molecule has 5 nitrogen and oxygen atoms in total. The van der Waals surface area contributed by atoms with Crippen molar-refractivity contribution in [1.82, 2.24) is 10.4 Å². The molecule has 5 heteroatoms. The number of hydrogen-bond donors (Lipinski definition) is 2. The molecule has 0 amide bonds. The molecule has 0 aromatic carbocycles. The first-order chi connectivity index (χ1) is 8.52. The minimum Gasteiger partial charge on any atom is -0.492 e. The number of aromatic nitrogens is 1. The van der Waals surface area contributed by atoms with Crippen molar-refractivity contribution in [2.45, 2.75) is 38.8 Å². The fourth-order valence-electron chi connectivity index (χ4n) is 1.72. The Labute approximate surface area is 109 Å². The third kappa shape index (κ3) is 4.25. The van der Waals surface area contributed by atoms with Gasteiger partial charge in [0.2, 0.25) is 0 Å². The highest BCUT2D eigenvalue weighted by Gasteiger charge is 2.23. The van der Waals surface area contributed by atoms with Gasteiger partial charge in [-0.15, -0.1) is 0 Å². The molecule has 1 heterocycles. The van der Waals surface area contributed by atoms with Crippen LogP contribution in [0.25, 0.3) is 0 Å². The molecule has 0 aliphatic heterocycles. The number of nitrogens with one attached hydrogen (secondary N) is 1. The number of methoxy groups -OCH3 is 1. The van der Waals surface area contributed by atoms with Crippen LogP contribution in [0.4, 0.5) is 0 Å². The second kappa shape index (κ2) is 6.68. The molecule has 0 aliphatic carbocycles. The fraction of sp³-hybridized carbons (Fsp3) is 0.615. The third-order valence-electron chi connectivity index (χ3n) is 2.90. The van der Waals surface area contributed by atoms with Crippen LogP contribution in [0.1, 0.15) is 38.8 Å². The van der Waals surface area contributed by atoms with Crippen molar-refractivity contribution in [3.63, 3.8) is 0 Å². The van der Waals surface area contributed by atoms with Crippen molar-refractivity contribution >= 4 is 0 Å². The van der Waals surface area contributed by atoms with E-state index in [-0.39, 0.29) is 11.6 Å². The van der Waals surface area contributed by atoms with E-state index < -0.39 is 0 Å². The van der Waals surface area contributed by atoms with Gasteiger partial charge < -0.3 is 9.47 Å². The predicted molar refractivity (Wildman–Crippen MR) is 71.2 cm³/mol. The molecule has 1 rings (SSSR count). The number of nitrogens with two attached hydrogens (primary N) is 1. The van der Waals surface area contributed by atoms with Crippen molar-refractivity contribution in [3.8, 4) is 5.75 Å². The van der Waals surface area contributed by atoms with E-state index in [0.29, 0.717) is 6.61 Å². The lowest BCUT2D eigenvalue weighted by Crippen LogP contribution is -2.35. The fourth-order valence-corrected chi connectivity index (χ4v) is 1.72. The molecule has 1 atom stereocenters. The molecule has 18 heavy (non-hydrogen) atoms. The van der Waals surface area contributed by atoms with Crippen molar-refractivity contribution in [1.29, 1.82) is 0 Å². The molecule has 0 fully saturated rings. The highest BCUT2D eigenvalue weighted by atomic mass is 16.5. The number of hydrogen-bond acceptors (Lipinski definition) is 5.